The molecule has 13 nitrogen and oxygen atoms in total. The number of fused-ring (bicyclic) bond motifs is 10. The molecule has 6 aliphatic carbocycles. The first-order valence-electron chi connectivity index (χ1n) is 34.2. The lowest BCUT2D eigenvalue weighted by atomic mass is 9.52. The molecule has 0 radical (unpaired) electrons. The van der Waals surface area contributed by atoms with Crippen molar-refractivity contribution in [3.05, 3.63) is 58.7 Å². The first kappa shape index (κ1) is 81.6. The molecule has 4 saturated carbocycles. The minimum atomic E-state index is -5.61. The predicted molar refractivity (Wildman–Crippen MR) is 350 cm³/mol. The number of phenolic OH excluding ortho intramolecular Hbond substituents is 1. The van der Waals surface area contributed by atoms with Gasteiger partial charge in [0.25, 0.3) is 0 Å². The minimum Gasteiger partial charge on any atom is -0.508 e. The van der Waals surface area contributed by atoms with Crippen molar-refractivity contribution in [2.24, 2.45) is 57.2 Å². The molecule has 4 N–H and O–H groups in total. The molecule has 97 heavy (non-hydrogen) atoms. The van der Waals surface area contributed by atoms with E-state index in [1.165, 1.54) is 25.0 Å². The summed E-state index contributed by atoms with van der Waals surface area (Å²) >= 11 is 0. The Hall–Kier alpha value is -4.36. The van der Waals surface area contributed by atoms with Crippen LogP contribution in [0.1, 0.15) is 233 Å². The second-order valence-corrected chi connectivity index (χ2v) is 35.5. The van der Waals surface area contributed by atoms with E-state index < -0.39 is 117 Å². The van der Waals surface area contributed by atoms with Crippen LogP contribution >= 0.6 is 0 Å². The number of aliphatic hydroxyl groups excluding tert-OH is 2. The molecule has 6 aliphatic rings. The van der Waals surface area contributed by atoms with Gasteiger partial charge in [0.15, 0.2) is 0 Å². The van der Waals surface area contributed by atoms with Gasteiger partial charge in [-0.15, -0.1) is 0 Å². The molecule has 0 bridgehead atoms. The fraction of sp³-hybridized carbons (Fsp3) is 0.778. The number of ether oxygens (including phenoxy) is 3. The highest BCUT2D eigenvalue weighted by Gasteiger charge is 2.60. The molecule has 2 unspecified atom stereocenters. The van der Waals surface area contributed by atoms with E-state index in [4.69, 9.17) is 19.3 Å². The van der Waals surface area contributed by atoms with E-state index in [1.807, 2.05) is 24.3 Å². The van der Waals surface area contributed by atoms with Crippen molar-refractivity contribution in [1.29, 1.82) is 0 Å². The minimum absolute atomic E-state index is 0.111. The second kappa shape index (κ2) is 31.5. The maximum absolute atomic E-state index is 13.3. The zero-order valence-electron chi connectivity index (χ0n) is 58.3. The van der Waals surface area contributed by atoms with Crippen molar-refractivity contribution in [2.75, 3.05) is 23.0 Å². The fourth-order valence-electron chi connectivity index (χ4n) is 16.4. The van der Waals surface area contributed by atoms with Gasteiger partial charge in [-0.1, -0.05) is 26.0 Å². The Morgan fingerprint density at radius 3 is 1.31 bits per heavy atom. The molecule has 2 aromatic carbocycles. The Morgan fingerprint density at radius 2 is 0.918 bits per heavy atom. The zero-order valence-corrected chi connectivity index (χ0v) is 59.9. The Bertz CT molecular complexity index is 3100. The predicted octanol–water partition coefficient (Wildman–Crippen LogP) is 16.5. The van der Waals surface area contributed by atoms with E-state index in [1.54, 1.807) is 67.5 Å². The van der Waals surface area contributed by atoms with Gasteiger partial charge in [0.05, 0.1) is 35.9 Å². The van der Waals surface area contributed by atoms with Gasteiger partial charge in [0.1, 0.15) is 22.7 Å². The van der Waals surface area contributed by atoms with Gasteiger partial charge in [0, 0.05) is 57.5 Å². The number of hydrogen-bond donors (Lipinski definition) is 4. The maximum atomic E-state index is 13.3. The van der Waals surface area contributed by atoms with Gasteiger partial charge in [-0.2, -0.15) is 43.9 Å². The smallest absolute Gasteiger partial charge is 0.453 e. The van der Waals surface area contributed by atoms with Crippen LogP contribution in [0.15, 0.2) is 36.4 Å². The standard InChI is InChI=1S/C36H51F5O6S.C26H35F5O3S.C10H18O4/c1-32(2,3)47-29(43)21-33(4,5)31(44)46-24-10-11-25-23(20-24)19-22(30-26(25)14-16-34(6)27(30)12-13-28(34)42)9-7-17-48(45)18-8-15-35(37,38)36(39,40)41;1-24-11-9-20-19-6-5-18(32)15-17(19)14-16(23(20)21(24)7-8-22(24)33)4-2-12-35(34)13-3-10-25(27,28)26(29,30)31;1-9(2,3)14-7(11)6-10(4,5)8(12)13/h10-11,20,22,26-28,30,42H,7-9,12-19,21H2,1-6H3;5-6,15-16,20-23,32-33H,2-4,7-14H2,1H3;6H2,1-5H3,(H,12,13)/t22-,26-,27+,28+,30-,34+,48?;16-,20-,21+,22+,23-,24+,35?;/m11./s1. The van der Waals surface area contributed by atoms with Gasteiger partial charge in [-0.25, -0.2) is 0 Å². The summed E-state index contributed by atoms with van der Waals surface area (Å²) in [5.74, 6) is -8.96. The van der Waals surface area contributed by atoms with Crippen LogP contribution in [-0.2, 0) is 63.1 Å². The van der Waals surface area contributed by atoms with Crippen molar-refractivity contribution >= 4 is 45.5 Å². The van der Waals surface area contributed by atoms with Crippen molar-refractivity contribution in [2.45, 2.75) is 271 Å². The molecule has 552 valence electrons. The van der Waals surface area contributed by atoms with Crippen LogP contribution in [0.25, 0.3) is 0 Å². The molecule has 2 aromatic rings. The quantitative estimate of drug-likeness (QED) is 0.0464. The van der Waals surface area contributed by atoms with Gasteiger partial charge < -0.3 is 34.6 Å². The number of aliphatic carboxylic acids is 1. The molecule has 0 spiro atoms. The first-order valence-corrected chi connectivity index (χ1v) is 37.2. The third kappa shape index (κ3) is 20.9. The number of carboxylic acids is 1. The SMILES string of the molecule is CC(C)(C)OC(=O)CC(C)(C)C(=O)O.CC(C)(C)OC(=O)CC(C)(C)C(=O)Oc1ccc2c(c1)C[C@@H](CCCS(=O)CCCC(F)(F)C(F)(F)F)[C@@H]1[C@@H]2CC[C@]2(C)[C@@H](O)CC[C@@H]12.C[C@]12CC[C@@H]3c4ccc(O)cc4C[C@@H](CCCS(=O)CCCC(F)(F)C(F)(F)F)[C@H]3[C@@H]1CC[C@@H]2O. The number of carbonyl (C=O) groups is 4. The zero-order chi connectivity index (χ0) is 73.0. The summed E-state index contributed by atoms with van der Waals surface area (Å²) in [4.78, 5) is 47.6. The Kier molecular flexibility index (Phi) is 26.5. The summed E-state index contributed by atoms with van der Waals surface area (Å²) in [5, 5.41) is 40.5. The normalized spacial score (nSPS) is 27.9. The lowest BCUT2D eigenvalue weighted by Gasteiger charge is -2.53. The van der Waals surface area contributed by atoms with E-state index in [9.17, 15) is 86.8 Å². The molecule has 0 amide bonds. The van der Waals surface area contributed by atoms with Crippen LogP contribution in [0.3, 0.4) is 0 Å². The number of aliphatic hydroxyl groups is 2. The number of phenols is 1. The molecule has 8 rings (SSSR count). The highest BCUT2D eigenvalue weighted by molar-refractivity contribution is 7.85. The van der Waals surface area contributed by atoms with Crippen LogP contribution in [0.4, 0.5) is 43.9 Å². The molecular weight excluding hydrogens is 1330 g/mol. The van der Waals surface area contributed by atoms with Gasteiger partial charge in [-0.3, -0.25) is 27.6 Å². The van der Waals surface area contributed by atoms with Gasteiger partial charge in [0.2, 0.25) is 0 Å². The Labute approximate surface area is 570 Å². The van der Waals surface area contributed by atoms with Crippen molar-refractivity contribution in [3.63, 3.8) is 0 Å². The average molecular weight is 1430 g/mol. The molecule has 14 atom stereocenters. The van der Waals surface area contributed by atoms with Crippen LogP contribution in [-0.4, -0.2) is 123 Å². The summed E-state index contributed by atoms with van der Waals surface area (Å²) in [6, 6.07) is 11.3. The lowest BCUT2D eigenvalue weighted by molar-refractivity contribution is -0.284. The summed E-state index contributed by atoms with van der Waals surface area (Å²) in [7, 11) is -2.96. The first-order chi connectivity index (χ1) is 44.4. The number of carboxylic acid groups (broad SMARTS) is 1. The lowest BCUT2D eigenvalue weighted by Crippen LogP contribution is -2.47. The Morgan fingerprint density at radius 1 is 0.536 bits per heavy atom. The molecule has 0 aromatic heterocycles. The largest absolute Gasteiger partial charge is 0.508 e. The van der Waals surface area contributed by atoms with E-state index in [0.29, 0.717) is 55.1 Å². The van der Waals surface area contributed by atoms with E-state index in [0.717, 1.165) is 75.3 Å². The molecular formula is C72H104F10O13S2. The highest BCUT2D eigenvalue weighted by Crippen LogP contribution is 2.65. The summed E-state index contributed by atoms with van der Waals surface area (Å²) < 4.78 is 168. The second-order valence-electron chi connectivity index (χ2n) is 32.1. The summed E-state index contributed by atoms with van der Waals surface area (Å²) in [5.41, 5.74) is 0.917. The number of hydrogen-bond acceptors (Lipinski definition) is 12. The van der Waals surface area contributed by atoms with E-state index in [-0.39, 0.29) is 88.3 Å². The average Bonchev–Trinajstić information content (AvgIpc) is 1.70. The molecule has 0 heterocycles. The fourth-order valence-corrected chi connectivity index (χ4v) is 18.7. The van der Waals surface area contributed by atoms with Crippen LogP contribution in [0, 0.1) is 57.2 Å². The number of halogens is 10. The Balaban J connectivity index is 0.000000264. The third-order valence-corrected chi connectivity index (χ3v) is 24.4. The summed E-state index contributed by atoms with van der Waals surface area (Å²) in [6.07, 6.45) is -4.53. The molecule has 0 aliphatic heterocycles. The number of rotatable bonds is 23. The third-order valence-electron chi connectivity index (χ3n) is 21.5. The monoisotopic (exact) mass is 1430 g/mol. The number of carbonyl (C=O) groups excluding carboxylic acids is 3. The van der Waals surface area contributed by atoms with E-state index >= 15 is 0 Å². The topological polar surface area (TPSA) is 211 Å². The van der Waals surface area contributed by atoms with Gasteiger partial charge >= 0.3 is 48.1 Å². The highest BCUT2D eigenvalue weighted by atomic mass is 32.2. The number of benzene rings is 2. The molecule has 25 heteroatoms. The van der Waals surface area contributed by atoms with Crippen molar-refractivity contribution in [3.8, 4) is 11.5 Å². The van der Waals surface area contributed by atoms with Crippen molar-refractivity contribution < 1.29 is 106 Å². The number of aromatic hydroxyl groups is 1. The van der Waals surface area contributed by atoms with Crippen LogP contribution in [0.2, 0.25) is 0 Å². The van der Waals surface area contributed by atoms with Gasteiger partial charge in [-0.05, 0) is 277 Å². The van der Waals surface area contributed by atoms with Crippen LogP contribution in [0.5, 0.6) is 11.5 Å². The number of alkyl halides is 10. The van der Waals surface area contributed by atoms with Crippen molar-refractivity contribution in [1.82, 2.24) is 0 Å². The number of esters is 3. The molecule has 0 saturated heterocycles. The summed E-state index contributed by atoms with van der Waals surface area (Å²) in [6.45, 7) is 21.2. The maximum Gasteiger partial charge on any atom is 0.453 e. The molecule has 4 fully saturated rings. The van der Waals surface area contributed by atoms with Crippen LogP contribution < -0.4 is 4.74 Å². The van der Waals surface area contributed by atoms with E-state index in [2.05, 4.69) is 13.8 Å².